The zero-order valence-corrected chi connectivity index (χ0v) is 10.5. The zero-order valence-electron chi connectivity index (χ0n) is 10.5. The van der Waals surface area contributed by atoms with Crippen molar-refractivity contribution in [1.82, 2.24) is 0 Å². The molecule has 0 saturated heterocycles. The number of aryl methyl sites for hydroxylation is 1. The van der Waals surface area contributed by atoms with Crippen LogP contribution in [0.25, 0.3) is 0 Å². The first-order valence-corrected chi connectivity index (χ1v) is 6.38. The van der Waals surface area contributed by atoms with Crippen LogP contribution in [-0.4, -0.2) is 12.4 Å². The molecule has 4 nitrogen and oxygen atoms in total. The molecule has 3 rings (SSSR count). The Bertz CT molecular complexity index is 616. The van der Waals surface area contributed by atoms with Crippen LogP contribution in [0.1, 0.15) is 33.9 Å². The molecule has 2 heterocycles. The van der Waals surface area contributed by atoms with Crippen molar-refractivity contribution in [3.8, 4) is 5.75 Å². The number of furan rings is 1. The number of benzene rings is 1. The Morgan fingerprint density at radius 2 is 2.16 bits per heavy atom. The third-order valence-electron chi connectivity index (χ3n) is 3.26. The van der Waals surface area contributed by atoms with Gasteiger partial charge in [-0.2, -0.15) is 0 Å². The summed E-state index contributed by atoms with van der Waals surface area (Å²) >= 11 is 0. The van der Waals surface area contributed by atoms with E-state index in [1.807, 2.05) is 12.1 Å². The molecule has 4 heteroatoms. The van der Waals surface area contributed by atoms with Crippen LogP contribution in [0.5, 0.6) is 5.75 Å². The fraction of sp³-hybridized carbons (Fsp3) is 0.267. The van der Waals surface area contributed by atoms with Gasteiger partial charge in [0.2, 0.25) is 5.78 Å². The van der Waals surface area contributed by atoms with Crippen LogP contribution in [0.4, 0.5) is 0 Å². The van der Waals surface area contributed by atoms with Gasteiger partial charge in [-0.3, -0.25) is 4.79 Å². The normalized spacial score (nSPS) is 13.7. The van der Waals surface area contributed by atoms with Crippen LogP contribution in [0.2, 0.25) is 0 Å². The first-order valence-electron chi connectivity index (χ1n) is 6.38. The highest BCUT2D eigenvalue weighted by Crippen LogP contribution is 2.30. The maximum Gasteiger partial charge on any atom is 0.231 e. The largest absolute Gasteiger partial charge is 0.493 e. The van der Waals surface area contributed by atoms with Gasteiger partial charge in [0.25, 0.3) is 0 Å². The van der Waals surface area contributed by atoms with E-state index in [-0.39, 0.29) is 12.3 Å². The van der Waals surface area contributed by atoms with E-state index in [0.29, 0.717) is 29.4 Å². The Kier molecular flexibility index (Phi) is 3.09. The molecular formula is C15H15NO3. The SMILES string of the molecule is NCc1ccc(C(=O)c2cccc3c2OCCC3)o1. The molecule has 0 radical (unpaired) electrons. The van der Waals surface area contributed by atoms with Gasteiger partial charge in [-0.1, -0.05) is 12.1 Å². The fourth-order valence-corrected chi connectivity index (χ4v) is 2.31. The number of rotatable bonds is 3. The second kappa shape index (κ2) is 4.90. The summed E-state index contributed by atoms with van der Waals surface area (Å²) in [6.07, 6.45) is 1.94. The molecule has 1 aliphatic rings. The minimum absolute atomic E-state index is 0.154. The Labute approximate surface area is 111 Å². The molecule has 19 heavy (non-hydrogen) atoms. The van der Waals surface area contributed by atoms with Gasteiger partial charge < -0.3 is 14.9 Å². The van der Waals surface area contributed by atoms with Crippen molar-refractivity contribution >= 4 is 5.78 Å². The Morgan fingerprint density at radius 3 is 2.95 bits per heavy atom. The Morgan fingerprint density at radius 1 is 1.26 bits per heavy atom. The van der Waals surface area contributed by atoms with Gasteiger partial charge in [-0.25, -0.2) is 0 Å². The van der Waals surface area contributed by atoms with Crippen molar-refractivity contribution in [2.24, 2.45) is 5.73 Å². The molecule has 0 spiro atoms. The quantitative estimate of drug-likeness (QED) is 0.857. The molecule has 1 aliphatic heterocycles. The van der Waals surface area contributed by atoms with E-state index in [4.69, 9.17) is 14.9 Å². The lowest BCUT2D eigenvalue weighted by Crippen LogP contribution is -2.13. The van der Waals surface area contributed by atoms with Crippen molar-refractivity contribution in [3.63, 3.8) is 0 Å². The maximum atomic E-state index is 12.4. The standard InChI is InChI=1S/C15H15NO3/c16-9-11-6-7-13(19-11)14(17)12-5-1-3-10-4-2-8-18-15(10)12/h1,3,5-7H,2,4,8-9,16H2. The van der Waals surface area contributed by atoms with Crippen molar-refractivity contribution < 1.29 is 13.9 Å². The second-order valence-electron chi connectivity index (χ2n) is 4.55. The first-order chi connectivity index (χ1) is 9.29. The predicted molar refractivity (Wildman–Crippen MR) is 70.3 cm³/mol. The lowest BCUT2D eigenvalue weighted by atomic mass is 9.99. The molecule has 0 fully saturated rings. The summed E-state index contributed by atoms with van der Waals surface area (Å²) < 4.78 is 11.1. The van der Waals surface area contributed by atoms with Crippen molar-refractivity contribution in [2.75, 3.05) is 6.61 Å². The van der Waals surface area contributed by atoms with Gasteiger partial charge in [0.1, 0.15) is 11.5 Å². The van der Waals surface area contributed by atoms with Crippen LogP contribution >= 0.6 is 0 Å². The molecule has 0 amide bonds. The number of carbonyl (C=O) groups is 1. The van der Waals surface area contributed by atoms with Gasteiger partial charge in [-0.05, 0) is 36.6 Å². The van der Waals surface area contributed by atoms with Crippen LogP contribution in [-0.2, 0) is 13.0 Å². The van der Waals surface area contributed by atoms with Gasteiger partial charge >= 0.3 is 0 Å². The summed E-state index contributed by atoms with van der Waals surface area (Å²) in [4.78, 5) is 12.4. The molecule has 0 bridgehead atoms. The molecule has 0 aliphatic carbocycles. The maximum absolute atomic E-state index is 12.4. The van der Waals surface area contributed by atoms with Crippen LogP contribution < -0.4 is 10.5 Å². The molecule has 1 aromatic heterocycles. The van der Waals surface area contributed by atoms with Gasteiger partial charge in [0, 0.05) is 0 Å². The van der Waals surface area contributed by atoms with Crippen LogP contribution in [0.3, 0.4) is 0 Å². The number of ether oxygens (including phenoxy) is 1. The van der Waals surface area contributed by atoms with E-state index in [1.165, 1.54) is 0 Å². The van der Waals surface area contributed by atoms with E-state index < -0.39 is 0 Å². The Hall–Kier alpha value is -2.07. The number of ketones is 1. The Balaban J connectivity index is 1.99. The molecule has 1 aromatic carbocycles. The summed E-state index contributed by atoms with van der Waals surface area (Å²) in [6, 6.07) is 9.04. The summed E-state index contributed by atoms with van der Waals surface area (Å²) in [6.45, 7) is 0.945. The van der Waals surface area contributed by atoms with E-state index in [9.17, 15) is 4.79 Å². The third-order valence-corrected chi connectivity index (χ3v) is 3.26. The fourth-order valence-electron chi connectivity index (χ4n) is 2.31. The topological polar surface area (TPSA) is 65.5 Å². The summed E-state index contributed by atoms with van der Waals surface area (Å²) in [5.41, 5.74) is 7.13. The molecule has 2 aromatic rings. The average molecular weight is 257 g/mol. The first kappa shape index (κ1) is 12.0. The van der Waals surface area contributed by atoms with Gasteiger partial charge in [-0.15, -0.1) is 0 Å². The molecule has 0 atom stereocenters. The zero-order chi connectivity index (χ0) is 13.2. The molecule has 0 saturated carbocycles. The second-order valence-corrected chi connectivity index (χ2v) is 4.55. The van der Waals surface area contributed by atoms with E-state index in [2.05, 4.69) is 0 Å². The number of hydrogen-bond acceptors (Lipinski definition) is 4. The minimum Gasteiger partial charge on any atom is -0.493 e. The monoisotopic (exact) mass is 257 g/mol. The predicted octanol–water partition coefficient (Wildman–Crippen LogP) is 2.29. The molecule has 98 valence electrons. The van der Waals surface area contributed by atoms with E-state index >= 15 is 0 Å². The summed E-state index contributed by atoms with van der Waals surface area (Å²) in [5.74, 6) is 1.46. The highest BCUT2D eigenvalue weighted by atomic mass is 16.5. The number of fused-ring (bicyclic) bond motifs is 1. The third kappa shape index (κ3) is 2.15. The summed E-state index contributed by atoms with van der Waals surface area (Å²) in [5, 5.41) is 0. The lowest BCUT2D eigenvalue weighted by Gasteiger charge is -2.19. The average Bonchev–Trinajstić information content (AvgIpc) is 2.95. The van der Waals surface area contributed by atoms with Crippen molar-refractivity contribution in [2.45, 2.75) is 19.4 Å². The van der Waals surface area contributed by atoms with Crippen molar-refractivity contribution in [1.29, 1.82) is 0 Å². The number of para-hydroxylation sites is 1. The highest BCUT2D eigenvalue weighted by molar-refractivity contribution is 6.09. The minimum atomic E-state index is -0.154. The van der Waals surface area contributed by atoms with E-state index in [0.717, 1.165) is 18.4 Å². The van der Waals surface area contributed by atoms with Crippen molar-refractivity contribution in [3.05, 3.63) is 53.0 Å². The van der Waals surface area contributed by atoms with E-state index in [1.54, 1.807) is 18.2 Å². The highest BCUT2D eigenvalue weighted by Gasteiger charge is 2.22. The molecular weight excluding hydrogens is 242 g/mol. The van der Waals surface area contributed by atoms with Crippen LogP contribution in [0.15, 0.2) is 34.7 Å². The smallest absolute Gasteiger partial charge is 0.231 e. The lowest BCUT2D eigenvalue weighted by molar-refractivity contribution is 0.100. The summed E-state index contributed by atoms with van der Waals surface area (Å²) in [7, 11) is 0. The van der Waals surface area contributed by atoms with Crippen LogP contribution in [0, 0.1) is 0 Å². The number of nitrogens with two attached hydrogens (primary N) is 1. The van der Waals surface area contributed by atoms with Gasteiger partial charge in [0.05, 0.1) is 18.7 Å². The number of carbonyl (C=O) groups excluding carboxylic acids is 1. The molecule has 2 N–H and O–H groups in total. The van der Waals surface area contributed by atoms with Gasteiger partial charge in [0.15, 0.2) is 5.76 Å². The number of hydrogen-bond donors (Lipinski definition) is 1. The molecule has 0 unspecified atom stereocenters.